The fourth-order valence-electron chi connectivity index (χ4n) is 3.50. The Kier molecular flexibility index (Phi) is 4.59. The lowest BCUT2D eigenvalue weighted by Gasteiger charge is -2.26. The maximum absolute atomic E-state index is 12.9. The van der Waals surface area contributed by atoms with Gasteiger partial charge in [0, 0.05) is 6.42 Å². The number of carboxylic acids is 1. The first-order chi connectivity index (χ1) is 12.6. The number of aryl methyl sites for hydroxylation is 1. The second kappa shape index (κ2) is 7.03. The molecule has 2 heterocycles. The van der Waals surface area contributed by atoms with Crippen LogP contribution in [0.1, 0.15) is 33.5 Å². The molecule has 4 rings (SSSR count). The summed E-state index contributed by atoms with van der Waals surface area (Å²) in [5.41, 5.74) is 3.70. The van der Waals surface area contributed by atoms with E-state index in [0.717, 1.165) is 41.0 Å². The Labute approximate surface area is 155 Å². The topological polar surface area (TPSA) is 75.6 Å². The number of carbonyl (C=O) groups is 2. The van der Waals surface area contributed by atoms with Crippen molar-refractivity contribution in [3.05, 3.63) is 64.7 Å². The first kappa shape index (κ1) is 17.0. The number of carbonyl (C=O) groups excluding carboxylic acids is 1. The Morgan fingerprint density at radius 1 is 1.15 bits per heavy atom. The molecule has 6 heteroatoms. The fraction of sp³-hybridized carbons (Fsp3) is 0.300. The molecule has 1 amide bonds. The predicted octanol–water partition coefficient (Wildman–Crippen LogP) is 2.89. The minimum Gasteiger partial charge on any atom is -0.493 e. The largest absolute Gasteiger partial charge is 0.493 e. The van der Waals surface area contributed by atoms with Crippen LogP contribution in [0.4, 0.5) is 0 Å². The van der Waals surface area contributed by atoms with E-state index in [9.17, 15) is 14.7 Å². The monoisotopic (exact) mass is 369 g/mol. The van der Waals surface area contributed by atoms with Gasteiger partial charge in [0.05, 0.1) is 6.61 Å². The lowest BCUT2D eigenvalue weighted by Crippen LogP contribution is -2.37. The highest BCUT2D eigenvalue weighted by atomic mass is 32.2. The highest BCUT2D eigenvalue weighted by molar-refractivity contribution is 8.00. The molecule has 5 nitrogen and oxygen atoms in total. The van der Waals surface area contributed by atoms with Gasteiger partial charge < -0.3 is 15.2 Å². The van der Waals surface area contributed by atoms with Gasteiger partial charge in [-0.3, -0.25) is 4.79 Å². The number of hydrogen-bond acceptors (Lipinski definition) is 4. The number of hydrogen-bond donors (Lipinski definition) is 2. The van der Waals surface area contributed by atoms with Crippen molar-refractivity contribution in [1.82, 2.24) is 5.32 Å². The molecule has 0 aromatic heterocycles. The minimum absolute atomic E-state index is 0.258. The summed E-state index contributed by atoms with van der Waals surface area (Å²) in [6.45, 7) is 0.610. The van der Waals surface area contributed by atoms with E-state index in [1.54, 1.807) is 23.9 Å². The Morgan fingerprint density at radius 2 is 2.00 bits per heavy atom. The van der Waals surface area contributed by atoms with Crippen LogP contribution >= 0.6 is 11.8 Å². The Bertz CT molecular complexity index is 867. The lowest BCUT2D eigenvalue weighted by molar-refractivity contribution is -0.142. The minimum atomic E-state index is -1.07. The molecule has 134 valence electrons. The lowest BCUT2D eigenvalue weighted by atomic mass is 9.99. The van der Waals surface area contributed by atoms with Crippen molar-refractivity contribution in [2.45, 2.75) is 24.1 Å². The van der Waals surface area contributed by atoms with Crippen LogP contribution in [0.15, 0.2) is 42.5 Å². The number of nitrogens with one attached hydrogen (secondary N) is 1. The number of fused-ring (bicyclic) bond motifs is 2. The molecule has 2 unspecified atom stereocenters. The Balaban J connectivity index is 1.58. The van der Waals surface area contributed by atoms with Crippen LogP contribution in [0.2, 0.25) is 0 Å². The third kappa shape index (κ3) is 3.17. The number of amides is 1. The van der Waals surface area contributed by atoms with Gasteiger partial charge in [0.2, 0.25) is 5.91 Å². The highest BCUT2D eigenvalue weighted by Crippen LogP contribution is 2.37. The van der Waals surface area contributed by atoms with E-state index in [0.29, 0.717) is 12.2 Å². The van der Waals surface area contributed by atoms with E-state index >= 15 is 0 Å². The van der Waals surface area contributed by atoms with Crippen molar-refractivity contribution >= 4 is 23.6 Å². The maximum Gasteiger partial charge on any atom is 0.330 e. The van der Waals surface area contributed by atoms with Gasteiger partial charge in [-0.25, -0.2) is 4.79 Å². The van der Waals surface area contributed by atoms with Gasteiger partial charge in [-0.15, -0.1) is 11.8 Å². The molecule has 0 saturated heterocycles. The van der Waals surface area contributed by atoms with Crippen LogP contribution < -0.4 is 10.1 Å². The SMILES string of the molecule is O=C(O)C(NC(=O)C1SCCc2ccccc21)c1ccc2c(c1)CCO2. The smallest absolute Gasteiger partial charge is 0.330 e. The summed E-state index contributed by atoms with van der Waals surface area (Å²) in [6.07, 6.45) is 1.69. The molecule has 2 aromatic carbocycles. The van der Waals surface area contributed by atoms with E-state index < -0.39 is 12.0 Å². The molecule has 0 saturated carbocycles. The maximum atomic E-state index is 12.9. The molecule has 2 N–H and O–H groups in total. The van der Waals surface area contributed by atoms with E-state index in [4.69, 9.17) is 4.74 Å². The normalized spacial score (nSPS) is 19.0. The summed E-state index contributed by atoms with van der Waals surface area (Å²) in [4.78, 5) is 24.7. The molecule has 0 spiro atoms. The summed E-state index contributed by atoms with van der Waals surface area (Å²) in [5.74, 6) is 0.321. The first-order valence-electron chi connectivity index (χ1n) is 8.61. The molecule has 0 bridgehead atoms. The van der Waals surface area contributed by atoms with Gasteiger partial charge in [0.15, 0.2) is 6.04 Å². The van der Waals surface area contributed by atoms with Crippen LogP contribution in [0.3, 0.4) is 0 Å². The van der Waals surface area contributed by atoms with Gasteiger partial charge >= 0.3 is 5.97 Å². The Morgan fingerprint density at radius 3 is 2.85 bits per heavy atom. The molecule has 2 aliphatic heterocycles. The molecule has 26 heavy (non-hydrogen) atoms. The van der Waals surface area contributed by atoms with Gasteiger partial charge in [-0.05, 0) is 46.6 Å². The predicted molar refractivity (Wildman–Crippen MR) is 99.5 cm³/mol. The molecular weight excluding hydrogens is 350 g/mol. The average Bonchev–Trinajstić information content (AvgIpc) is 3.13. The quantitative estimate of drug-likeness (QED) is 0.867. The van der Waals surface area contributed by atoms with Gasteiger partial charge in [-0.1, -0.05) is 30.3 Å². The fourth-order valence-corrected chi connectivity index (χ4v) is 4.71. The zero-order valence-electron chi connectivity index (χ0n) is 14.1. The van der Waals surface area contributed by atoms with Crippen LogP contribution in [0.5, 0.6) is 5.75 Å². The van der Waals surface area contributed by atoms with E-state index in [1.807, 2.05) is 30.3 Å². The van der Waals surface area contributed by atoms with Crippen molar-refractivity contribution in [1.29, 1.82) is 0 Å². The third-order valence-electron chi connectivity index (χ3n) is 4.81. The Hall–Kier alpha value is -2.47. The van der Waals surface area contributed by atoms with Gasteiger partial charge in [-0.2, -0.15) is 0 Å². The molecular formula is C20H19NO4S. The van der Waals surface area contributed by atoms with Crippen molar-refractivity contribution in [3.63, 3.8) is 0 Å². The number of carboxylic acid groups (broad SMARTS) is 1. The number of aliphatic carboxylic acids is 1. The van der Waals surface area contributed by atoms with Crippen LogP contribution in [0, 0.1) is 0 Å². The molecule has 2 aromatic rings. The summed E-state index contributed by atoms with van der Waals surface area (Å²) < 4.78 is 5.47. The number of thioether (sulfide) groups is 1. The molecule has 2 atom stereocenters. The van der Waals surface area contributed by atoms with Crippen molar-refractivity contribution in [2.75, 3.05) is 12.4 Å². The number of rotatable bonds is 4. The first-order valence-corrected chi connectivity index (χ1v) is 9.66. The average molecular weight is 369 g/mol. The second-order valence-corrected chi connectivity index (χ2v) is 7.66. The zero-order valence-corrected chi connectivity index (χ0v) is 14.9. The molecule has 0 aliphatic carbocycles. The van der Waals surface area contributed by atoms with Crippen LogP contribution in [0.25, 0.3) is 0 Å². The highest BCUT2D eigenvalue weighted by Gasteiger charge is 2.31. The van der Waals surface area contributed by atoms with Crippen LogP contribution in [-0.4, -0.2) is 29.3 Å². The van der Waals surface area contributed by atoms with E-state index in [-0.39, 0.29) is 11.2 Å². The summed E-state index contributed by atoms with van der Waals surface area (Å²) in [6, 6.07) is 12.1. The second-order valence-electron chi connectivity index (χ2n) is 6.45. The van der Waals surface area contributed by atoms with Crippen molar-refractivity contribution in [2.24, 2.45) is 0 Å². The molecule has 2 aliphatic rings. The van der Waals surface area contributed by atoms with Gasteiger partial charge in [0.1, 0.15) is 11.0 Å². The number of ether oxygens (including phenoxy) is 1. The van der Waals surface area contributed by atoms with Gasteiger partial charge in [0.25, 0.3) is 0 Å². The van der Waals surface area contributed by atoms with E-state index in [1.165, 1.54) is 0 Å². The van der Waals surface area contributed by atoms with E-state index in [2.05, 4.69) is 5.32 Å². The third-order valence-corrected chi connectivity index (χ3v) is 6.05. The summed E-state index contributed by atoms with van der Waals surface area (Å²) >= 11 is 1.56. The molecule has 0 radical (unpaired) electrons. The van der Waals surface area contributed by atoms with Crippen molar-refractivity contribution < 1.29 is 19.4 Å². The zero-order chi connectivity index (χ0) is 18.1. The number of benzene rings is 2. The van der Waals surface area contributed by atoms with Crippen molar-refractivity contribution in [3.8, 4) is 5.75 Å². The standard InChI is InChI=1S/C20H19NO4S/c22-19(18-15-4-2-1-3-12(15)8-10-26-18)21-17(20(23)24)14-5-6-16-13(11-14)7-9-25-16/h1-6,11,17-18H,7-10H2,(H,21,22)(H,23,24). The summed E-state index contributed by atoms with van der Waals surface area (Å²) in [5, 5.41) is 12.0. The summed E-state index contributed by atoms with van der Waals surface area (Å²) in [7, 11) is 0. The molecule has 0 fully saturated rings. The van der Waals surface area contributed by atoms with Crippen LogP contribution in [-0.2, 0) is 22.4 Å².